The molecule has 1 saturated heterocycles. The van der Waals surface area contributed by atoms with Crippen molar-refractivity contribution in [1.29, 1.82) is 0 Å². The van der Waals surface area contributed by atoms with Crippen molar-refractivity contribution < 1.29 is 13.9 Å². The highest BCUT2D eigenvalue weighted by molar-refractivity contribution is 5.95. The molecular weight excluding hydrogens is 433 g/mol. The van der Waals surface area contributed by atoms with E-state index in [-0.39, 0.29) is 42.8 Å². The fourth-order valence-electron chi connectivity index (χ4n) is 3.43. The topological polar surface area (TPSA) is 111 Å². The first-order valence-electron chi connectivity index (χ1n) is 9.59. The number of nitrogens with one attached hydrogen (secondary N) is 2. The largest absolute Gasteiger partial charge is 0.427 e. The lowest BCUT2D eigenvalue weighted by Crippen LogP contribution is -2.32. The molecule has 1 aliphatic rings. The van der Waals surface area contributed by atoms with Crippen LogP contribution in [0.1, 0.15) is 52.7 Å². The van der Waals surface area contributed by atoms with E-state index < -0.39 is 11.5 Å². The highest BCUT2D eigenvalue weighted by atomic mass is 35.5. The van der Waals surface area contributed by atoms with Crippen molar-refractivity contribution >= 4 is 30.7 Å². The van der Waals surface area contributed by atoms with Crippen LogP contribution in [0.5, 0.6) is 0 Å². The number of aromatic nitrogens is 3. The molecule has 2 aromatic rings. The summed E-state index contributed by atoms with van der Waals surface area (Å²) in [5.74, 6) is 0.967. The van der Waals surface area contributed by atoms with Crippen LogP contribution in [-0.2, 0) is 17.8 Å². The summed E-state index contributed by atoms with van der Waals surface area (Å²) in [6.45, 7) is 5.03. The molecule has 1 atom stereocenters. The second-order valence-corrected chi connectivity index (χ2v) is 7.01. The Bertz CT molecular complexity index is 865. The molecule has 2 N–H and O–H groups in total. The SMILES string of the molecule is COCCCn1cnnc1CNC(=O)c1c(C)cc(C2CCCNC2)oc1=O.Cl.Cl. The molecule has 1 amide bonds. The first-order valence-corrected chi connectivity index (χ1v) is 9.59. The Kier molecular flexibility index (Phi) is 11.0. The molecule has 0 aromatic carbocycles. The van der Waals surface area contributed by atoms with Gasteiger partial charge in [-0.3, -0.25) is 4.79 Å². The number of amides is 1. The summed E-state index contributed by atoms with van der Waals surface area (Å²) >= 11 is 0. The number of hydrogen-bond donors (Lipinski definition) is 2. The van der Waals surface area contributed by atoms with E-state index in [9.17, 15) is 9.59 Å². The molecule has 0 saturated carbocycles. The summed E-state index contributed by atoms with van der Waals surface area (Å²) in [7, 11) is 1.65. The fraction of sp³-hybridized carbons (Fsp3) is 0.579. The second-order valence-electron chi connectivity index (χ2n) is 7.01. The standard InChI is InChI=1S/C19H27N5O4.2ClH/c1-13-9-15(14-5-3-6-20-10-14)28-19(26)17(13)18(25)21-11-16-23-22-12-24(16)7-4-8-27-2;;/h9,12,14,20H,3-8,10-11H2,1-2H3,(H,21,25);2*1H. The lowest BCUT2D eigenvalue weighted by Gasteiger charge is -2.22. The van der Waals surface area contributed by atoms with E-state index in [1.54, 1.807) is 26.4 Å². The summed E-state index contributed by atoms with van der Waals surface area (Å²) in [6, 6.07) is 1.81. The van der Waals surface area contributed by atoms with Crippen molar-refractivity contribution in [2.45, 2.75) is 45.2 Å². The number of carbonyl (C=O) groups excluding carboxylic acids is 1. The molecule has 0 aliphatic carbocycles. The van der Waals surface area contributed by atoms with E-state index >= 15 is 0 Å². The Morgan fingerprint density at radius 3 is 2.90 bits per heavy atom. The fourth-order valence-corrected chi connectivity index (χ4v) is 3.43. The third-order valence-corrected chi connectivity index (χ3v) is 4.94. The van der Waals surface area contributed by atoms with Crippen LogP contribution in [-0.4, -0.2) is 47.5 Å². The van der Waals surface area contributed by atoms with Crippen LogP contribution in [0.3, 0.4) is 0 Å². The minimum Gasteiger partial charge on any atom is -0.427 e. The number of carbonyl (C=O) groups is 1. The number of halogens is 2. The molecular formula is C19H29Cl2N5O4. The minimum atomic E-state index is -0.598. The Hall–Kier alpha value is -1.94. The maximum absolute atomic E-state index is 12.6. The lowest BCUT2D eigenvalue weighted by molar-refractivity contribution is 0.0944. The predicted molar refractivity (Wildman–Crippen MR) is 117 cm³/mol. The van der Waals surface area contributed by atoms with E-state index in [2.05, 4.69) is 20.8 Å². The van der Waals surface area contributed by atoms with Crippen LogP contribution in [0.25, 0.3) is 0 Å². The van der Waals surface area contributed by atoms with Crippen LogP contribution in [0.4, 0.5) is 0 Å². The smallest absolute Gasteiger partial charge is 0.349 e. The quantitative estimate of drug-likeness (QED) is 0.576. The Morgan fingerprint density at radius 1 is 1.43 bits per heavy atom. The first kappa shape index (κ1) is 26.1. The number of methoxy groups -OCH3 is 1. The molecule has 1 fully saturated rings. The van der Waals surface area contributed by atoms with E-state index in [1.807, 2.05) is 4.57 Å². The van der Waals surface area contributed by atoms with Gasteiger partial charge in [-0.15, -0.1) is 35.0 Å². The van der Waals surface area contributed by atoms with E-state index in [0.29, 0.717) is 30.3 Å². The Labute approximate surface area is 187 Å². The molecule has 30 heavy (non-hydrogen) atoms. The normalized spacial score (nSPS) is 15.7. The number of hydrogen-bond acceptors (Lipinski definition) is 7. The van der Waals surface area contributed by atoms with Gasteiger partial charge in [-0.2, -0.15) is 0 Å². The number of rotatable bonds is 8. The number of ether oxygens (including phenoxy) is 1. The average Bonchev–Trinajstić information content (AvgIpc) is 3.14. The van der Waals surface area contributed by atoms with Crippen LogP contribution in [0.2, 0.25) is 0 Å². The summed E-state index contributed by atoms with van der Waals surface area (Å²) in [4.78, 5) is 25.0. The highest BCUT2D eigenvalue weighted by Gasteiger charge is 2.22. The van der Waals surface area contributed by atoms with Crippen molar-refractivity contribution in [3.8, 4) is 0 Å². The molecule has 0 radical (unpaired) electrons. The maximum Gasteiger partial charge on any atom is 0.349 e. The third kappa shape index (κ3) is 6.53. The molecule has 11 heteroatoms. The van der Waals surface area contributed by atoms with Gasteiger partial charge < -0.3 is 24.4 Å². The lowest BCUT2D eigenvalue weighted by atomic mass is 9.95. The molecule has 0 spiro atoms. The molecule has 1 unspecified atom stereocenters. The van der Waals surface area contributed by atoms with Crippen molar-refractivity contribution in [3.05, 3.63) is 45.5 Å². The Balaban J connectivity index is 0.00000225. The van der Waals surface area contributed by atoms with Gasteiger partial charge in [0.15, 0.2) is 5.82 Å². The van der Waals surface area contributed by atoms with Gasteiger partial charge in [0, 0.05) is 32.7 Å². The van der Waals surface area contributed by atoms with Gasteiger partial charge in [0.05, 0.1) is 6.54 Å². The third-order valence-electron chi connectivity index (χ3n) is 4.94. The molecule has 168 valence electrons. The van der Waals surface area contributed by atoms with Gasteiger partial charge >= 0.3 is 5.63 Å². The van der Waals surface area contributed by atoms with Crippen LogP contribution in [0, 0.1) is 6.92 Å². The molecule has 3 rings (SSSR count). The zero-order valence-corrected chi connectivity index (χ0v) is 18.8. The second kappa shape index (κ2) is 12.7. The van der Waals surface area contributed by atoms with Gasteiger partial charge in [0.25, 0.3) is 5.91 Å². The van der Waals surface area contributed by atoms with Crippen molar-refractivity contribution in [2.75, 3.05) is 26.8 Å². The summed E-state index contributed by atoms with van der Waals surface area (Å²) in [5, 5.41) is 14.0. The Morgan fingerprint density at radius 2 is 2.23 bits per heavy atom. The first-order chi connectivity index (χ1) is 13.6. The van der Waals surface area contributed by atoms with E-state index in [1.165, 1.54) is 0 Å². The van der Waals surface area contributed by atoms with Gasteiger partial charge in [-0.1, -0.05) is 0 Å². The van der Waals surface area contributed by atoms with Crippen LogP contribution < -0.4 is 16.3 Å². The number of nitrogens with zero attached hydrogens (tertiary/aromatic N) is 3. The van der Waals surface area contributed by atoms with Crippen molar-refractivity contribution in [1.82, 2.24) is 25.4 Å². The number of aryl methyl sites for hydroxylation is 2. The van der Waals surface area contributed by atoms with Gasteiger partial charge in [-0.05, 0) is 44.4 Å². The highest BCUT2D eigenvalue weighted by Crippen LogP contribution is 2.23. The van der Waals surface area contributed by atoms with Crippen molar-refractivity contribution in [3.63, 3.8) is 0 Å². The van der Waals surface area contributed by atoms with Crippen molar-refractivity contribution in [2.24, 2.45) is 0 Å². The summed E-state index contributed by atoms with van der Waals surface area (Å²) in [6.07, 6.45) is 4.44. The minimum absolute atomic E-state index is 0. The van der Waals surface area contributed by atoms with Crippen LogP contribution >= 0.6 is 24.8 Å². The zero-order valence-electron chi connectivity index (χ0n) is 17.2. The molecule has 1 aliphatic heterocycles. The molecule has 3 heterocycles. The van der Waals surface area contributed by atoms with Gasteiger partial charge in [-0.25, -0.2) is 4.79 Å². The zero-order chi connectivity index (χ0) is 19.9. The maximum atomic E-state index is 12.6. The molecule has 2 aromatic heterocycles. The average molecular weight is 462 g/mol. The van der Waals surface area contributed by atoms with Crippen LogP contribution in [0.15, 0.2) is 21.6 Å². The van der Waals surface area contributed by atoms with Gasteiger partial charge in [0.2, 0.25) is 0 Å². The van der Waals surface area contributed by atoms with E-state index in [0.717, 1.165) is 32.4 Å². The summed E-state index contributed by atoms with van der Waals surface area (Å²) in [5.41, 5.74) is 0.0634. The predicted octanol–water partition coefficient (Wildman–Crippen LogP) is 1.82. The monoisotopic (exact) mass is 461 g/mol. The number of piperidine rings is 1. The molecule has 9 nitrogen and oxygen atoms in total. The van der Waals surface area contributed by atoms with E-state index in [4.69, 9.17) is 9.15 Å². The summed E-state index contributed by atoms with van der Waals surface area (Å²) < 4.78 is 12.4. The van der Waals surface area contributed by atoms with Gasteiger partial charge in [0.1, 0.15) is 17.7 Å². The molecule has 0 bridgehead atoms.